The molecular weight excluding hydrogens is 364 g/mol. The van der Waals surface area contributed by atoms with Gasteiger partial charge in [-0.1, -0.05) is 24.3 Å². The summed E-state index contributed by atoms with van der Waals surface area (Å²) in [6.45, 7) is 8.39. The predicted molar refractivity (Wildman–Crippen MR) is 115 cm³/mol. The zero-order valence-electron chi connectivity index (χ0n) is 17.9. The highest BCUT2D eigenvalue weighted by Gasteiger charge is 2.18. The lowest BCUT2D eigenvalue weighted by Crippen LogP contribution is -2.36. The molecule has 29 heavy (non-hydrogen) atoms. The molecule has 1 amide bonds. The van der Waals surface area contributed by atoms with E-state index >= 15 is 0 Å². The number of piperidine rings is 1. The van der Waals surface area contributed by atoms with Crippen molar-refractivity contribution in [3.8, 4) is 11.5 Å². The summed E-state index contributed by atoms with van der Waals surface area (Å²) in [6.07, 6.45) is 1.86. The Labute approximate surface area is 174 Å². The van der Waals surface area contributed by atoms with Gasteiger partial charge < -0.3 is 19.7 Å². The normalized spacial score (nSPS) is 16.3. The lowest BCUT2D eigenvalue weighted by Gasteiger charge is -2.29. The predicted octanol–water partition coefficient (Wildman–Crippen LogP) is 3.86. The summed E-state index contributed by atoms with van der Waals surface area (Å²) < 4.78 is 11.9. The number of aryl methyl sites for hydroxylation is 2. The summed E-state index contributed by atoms with van der Waals surface area (Å²) in [5, 5.41) is 2.95. The van der Waals surface area contributed by atoms with Gasteiger partial charge in [0.15, 0.2) is 6.10 Å². The Balaban J connectivity index is 1.46. The molecular formula is C24H32N2O3. The van der Waals surface area contributed by atoms with Gasteiger partial charge in [-0.2, -0.15) is 0 Å². The molecule has 0 saturated carbocycles. The van der Waals surface area contributed by atoms with E-state index in [0.29, 0.717) is 12.6 Å². The van der Waals surface area contributed by atoms with Crippen LogP contribution in [-0.2, 0) is 11.3 Å². The highest BCUT2D eigenvalue weighted by atomic mass is 16.5. The van der Waals surface area contributed by atoms with Crippen LogP contribution in [0.3, 0.4) is 0 Å². The molecule has 2 aromatic rings. The van der Waals surface area contributed by atoms with Gasteiger partial charge in [-0.15, -0.1) is 0 Å². The van der Waals surface area contributed by atoms with Crippen molar-refractivity contribution in [3.63, 3.8) is 0 Å². The molecule has 0 spiro atoms. The Morgan fingerprint density at radius 2 is 1.83 bits per heavy atom. The van der Waals surface area contributed by atoms with E-state index in [-0.39, 0.29) is 5.91 Å². The average molecular weight is 397 g/mol. The lowest BCUT2D eigenvalue weighted by molar-refractivity contribution is -0.127. The van der Waals surface area contributed by atoms with E-state index in [4.69, 9.17) is 9.47 Å². The van der Waals surface area contributed by atoms with Gasteiger partial charge in [0.25, 0.3) is 5.91 Å². The van der Waals surface area contributed by atoms with Gasteiger partial charge in [0, 0.05) is 19.6 Å². The fourth-order valence-corrected chi connectivity index (χ4v) is 3.39. The number of carbonyl (C=O) groups is 1. The molecule has 1 aliphatic rings. The van der Waals surface area contributed by atoms with E-state index in [1.165, 1.54) is 0 Å². The minimum Gasteiger partial charge on any atom is -0.490 e. The van der Waals surface area contributed by atoms with Crippen LogP contribution in [0, 0.1) is 13.8 Å². The van der Waals surface area contributed by atoms with Gasteiger partial charge in [0.1, 0.15) is 17.6 Å². The summed E-state index contributed by atoms with van der Waals surface area (Å²) in [5.74, 6) is 1.52. The fourth-order valence-electron chi connectivity index (χ4n) is 3.39. The quantitative estimate of drug-likeness (QED) is 0.772. The van der Waals surface area contributed by atoms with Crippen LogP contribution in [0.25, 0.3) is 0 Å². The van der Waals surface area contributed by atoms with Gasteiger partial charge in [0.05, 0.1) is 0 Å². The van der Waals surface area contributed by atoms with Crippen molar-refractivity contribution in [2.24, 2.45) is 0 Å². The van der Waals surface area contributed by atoms with Gasteiger partial charge in [-0.3, -0.25) is 4.79 Å². The van der Waals surface area contributed by atoms with Crippen LogP contribution in [0.1, 0.15) is 36.5 Å². The molecule has 1 heterocycles. The molecule has 3 rings (SSSR count). The maximum atomic E-state index is 12.4. The van der Waals surface area contributed by atoms with Gasteiger partial charge >= 0.3 is 0 Å². The van der Waals surface area contributed by atoms with Crippen LogP contribution in [-0.4, -0.2) is 43.2 Å². The third-order valence-electron chi connectivity index (χ3n) is 5.38. The molecule has 156 valence electrons. The summed E-state index contributed by atoms with van der Waals surface area (Å²) >= 11 is 0. The van der Waals surface area contributed by atoms with E-state index in [1.54, 1.807) is 6.92 Å². The fraction of sp³-hybridized carbons (Fsp3) is 0.458. The topological polar surface area (TPSA) is 50.8 Å². The number of nitrogens with zero attached hydrogens (tertiary/aromatic N) is 1. The lowest BCUT2D eigenvalue weighted by atomic mass is 10.1. The molecule has 0 aromatic heterocycles. The largest absolute Gasteiger partial charge is 0.490 e. The minimum atomic E-state index is -0.553. The van der Waals surface area contributed by atoms with Crippen LogP contribution >= 0.6 is 0 Å². The molecule has 0 bridgehead atoms. The van der Waals surface area contributed by atoms with Crippen LogP contribution < -0.4 is 14.8 Å². The molecule has 0 aliphatic carbocycles. The molecule has 1 N–H and O–H groups in total. The molecule has 5 nitrogen and oxygen atoms in total. The van der Waals surface area contributed by atoms with Gasteiger partial charge in [0.2, 0.25) is 0 Å². The Morgan fingerprint density at radius 3 is 2.52 bits per heavy atom. The number of hydrogen-bond acceptors (Lipinski definition) is 4. The number of ether oxygens (including phenoxy) is 2. The maximum absolute atomic E-state index is 12.4. The number of likely N-dealkylation sites (tertiary alicyclic amines) is 1. The van der Waals surface area contributed by atoms with Crippen LogP contribution in [0.5, 0.6) is 11.5 Å². The first-order valence-corrected chi connectivity index (χ1v) is 10.4. The summed E-state index contributed by atoms with van der Waals surface area (Å²) in [5.41, 5.74) is 3.17. The zero-order valence-corrected chi connectivity index (χ0v) is 17.9. The SMILES string of the molecule is Cc1ccc(C)c(OC(C)C(=O)NCc2ccc(OC3CCN(C)CC3)cc2)c1. The third kappa shape index (κ3) is 6.23. The zero-order chi connectivity index (χ0) is 20.8. The van der Waals surface area contributed by atoms with E-state index in [9.17, 15) is 4.79 Å². The first-order chi connectivity index (χ1) is 13.9. The molecule has 1 aliphatic heterocycles. The van der Waals surface area contributed by atoms with Crippen LogP contribution in [0.15, 0.2) is 42.5 Å². The van der Waals surface area contributed by atoms with E-state index in [2.05, 4.69) is 17.3 Å². The van der Waals surface area contributed by atoms with Crippen LogP contribution in [0.4, 0.5) is 0 Å². The Hall–Kier alpha value is -2.53. The Bertz CT molecular complexity index is 811. The second kappa shape index (κ2) is 9.79. The number of carbonyl (C=O) groups excluding carboxylic acids is 1. The standard InChI is InChI=1S/C24H32N2O3/c1-17-5-6-18(2)23(15-17)28-19(3)24(27)25-16-20-7-9-21(10-8-20)29-22-11-13-26(4)14-12-22/h5-10,15,19,22H,11-14,16H2,1-4H3,(H,25,27). The van der Waals surface area contributed by atoms with Crippen molar-refractivity contribution in [1.29, 1.82) is 0 Å². The number of nitrogens with one attached hydrogen (secondary N) is 1. The van der Waals surface area contributed by atoms with E-state index in [1.807, 2.05) is 56.3 Å². The van der Waals surface area contributed by atoms with Crippen molar-refractivity contribution < 1.29 is 14.3 Å². The third-order valence-corrected chi connectivity index (χ3v) is 5.38. The number of hydrogen-bond donors (Lipinski definition) is 1. The molecule has 5 heteroatoms. The van der Waals surface area contributed by atoms with Crippen molar-refractivity contribution >= 4 is 5.91 Å². The van der Waals surface area contributed by atoms with Gasteiger partial charge in [-0.05, 0) is 75.5 Å². The molecule has 1 atom stereocenters. The van der Waals surface area contributed by atoms with Crippen LogP contribution in [0.2, 0.25) is 0 Å². The minimum absolute atomic E-state index is 0.127. The average Bonchev–Trinajstić information content (AvgIpc) is 2.71. The maximum Gasteiger partial charge on any atom is 0.261 e. The number of amides is 1. The van der Waals surface area contributed by atoms with Crippen molar-refractivity contribution in [2.45, 2.75) is 52.4 Å². The highest BCUT2D eigenvalue weighted by Crippen LogP contribution is 2.21. The Morgan fingerprint density at radius 1 is 1.14 bits per heavy atom. The summed E-state index contributed by atoms with van der Waals surface area (Å²) in [6, 6.07) is 14.0. The molecule has 0 radical (unpaired) electrons. The second-order valence-corrected chi connectivity index (χ2v) is 8.01. The molecule has 2 aromatic carbocycles. The smallest absolute Gasteiger partial charge is 0.261 e. The first-order valence-electron chi connectivity index (χ1n) is 10.4. The van der Waals surface area contributed by atoms with E-state index < -0.39 is 6.10 Å². The summed E-state index contributed by atoms with van der Waals surface area (Å²) in [4.78, 5) is 14.7. The summed E-state index contributed by atoms with van der Waals surface area (Å²) in [7, 11) is 2.15. The van der Waals surface area contributed by atoms with Crippen molar-refractivity contribution in [2.75, 3.05) is 20.1 Å². The Kier molecular flexibility index (Phi) is 7.15. The molecule has 1 saturated heterocycles. The molecule has 1 fully saturated rings. The van der Waals surface area contributed by atoms with Crippen molar-refractivity contribution in [1.82, 2.24) is 10.2 Å². The number of rotatable bonds is 7. The van der Waals surface area contributed by atoms with E-state index in [0.717, 1.165) is 54.1 Å². The van der Waals surface area contributed by atoms with Gasteiger partial charge in [-0.25, -0.2) is 0 Å². The number of benzene rings is 2. The van der Waals surface area contributed by atoms with Crippen molar-refractivity contribution in [3.05, 3.63) is 59.2 Å². The monoisotopic (exact) mass is 396 g/mol. The highest BCUT2D eigenvalue weighted by molar-refractivity contribution is 5.80. The second-order valence-electron chi connectivity index (χ2n) is 8.01. The first kappa shape index (κ1) is 21.2. The molecule has 1 unspecified atom stereocenters.